The fourth-order valence-electron chi connectivity index (χ4n) is 2.33. The summed E-state index contributed by atoms with van der Waals surface area (Å²) < 4.78 is 6.41. The molecule has 0 aliphatic rings. The number of fused-ring (bicyclic) bond motifs is 1. The minimum Gasteiger partial charge on any atom is -0.457 e. The average molecular weight is 401 g/mol. The van der Waals surface area contributed by atoms with Crippen LogP contribution in [0.3, 0.4) is 0 Å². The van der Waals surface area contributed by atoms with Crippen LogP contribution in [0, 0.1) is 6.92 Å². The van der Waals surface area contributed by atoms with Gasteiger partial charge < -0.3 is 10.1 Å². The molecule has 1 heterocycles. The number of aromatic nitrogens is 1. The summed E-state index contributed by atoms with van der Waals surface area (Å²) in [5.74, 6) is -0.303. The Bertz CT molecular complexity index is 905. The van der Waals surface area contributed by atoms with Gasteiger partial charge in [-0.3, -0.25) is 9.59 Å². The number of hydrogen-bond acceptors (Lipinski definition) is 6. The van der Waals surface area contributed by atoms with E-state index in [1.165, 1.54) is 23.1 Å². The number of ether oxygens (including phenoxy) is 1. The van der Waals surface area contributed by atoms with E-state index in [0.29, 0.717) is 0 Å². The Kier molecular flexibility index (Phi) is 6.47. The van der Waals surface area contributed by atoms with Gasteiger partial charge in [-0.1, -0.05) is 29.8 Å². The Hall–Kier alpha value is -2.38. The molecule has 2 aromatic carbocycles. The highest BCUT2D eigenvalue weighted by Crippen LogP contribution is 2.22. The molecule has 0 aliphatic heterocycles. The first-order chi connectivity index (χ1) is 13.0. The molecular formula is C20H20N2O3S2. The molecule has 0 radical (unpaired) electrons. The van der Waals surface area contributed by atoms with E-state index in [2.05, 4.69) is 10.3 Å². The fourth-order valence-corrected chi connectivity index (χ4v) is 3.89. The largest absolute Gasteiger partial charge is 0.457 e. The first-order valence-electron chi connectivity index (χ1n) is 8.50. The summed E-state index contributed by atoms with van der Waals surface area (Å²) in [4.78, 5) is 28.6. The molecule has 27 heavy (non-hydrogen) atoms. The maximum atomic E-state index is 12.1. The van der Waals surface area contributed by atoms with Crippen molar-refractivity contribution in [1.29, 1.82) is 0 Å². The van der Waals surface area contributed by atoms with Crippen LogP contribution in [0.4, 0.5) is 5.69 Å². The second kappa shape index (κ2) is 9.01. The molecule has 7 heteroatoms. The van der Waals surface area contributed by atoms with Crippen LogP contribution in [0.15, 0.2) is 48.5 Å². The second-order valence-electron chi connectivity index (χ2n) is 6.05. The van der Waals surface area contributed by atoms with Crippen molar-refractivity contribution in [3.8, 4) is 0 Å². The molecule has 1 unspecified atom stereocenters. The first kappa shape index (κ1) is 19.4. The summed E-state index contributed by atoms with van der Waals surface area (Å²) in [6.07, 6.45) is 0. The molecule has 1 atom stereocenters. The van der Waals surface area contributed by atoms with Crippen molar-refractivity contribution in [3.63, 3.8) is 0 Å². The molecule has 0 spiro atoms. The van der Waals surface area contributed by atoms with Crippen LogP contribution in [0.2, 0.25) is 0 Å². The Morgan fingerprint density at radius 3 is 2.67 bits per heavy atom. The van der Waals surface area contributed by atoms with E-state index in [9.17, 15) is 9.59 Å². The van der Waals surface area contributed by atoms with Crippen LogP contribution in [-0.2, 0) is 20.9 Å². The minimum atomic E-state index is -0.428. The predicted molar refractivity (Wildman–Crippen MR) is 111 cm³/mol. The van der Waals surface area contributed by atoms with Crippen LogP contribution < -0.4 is 5.32 Å². The van der Waals surface area contributed by atoms with E-state index in [0.717, 1.165) is 26.5 Å². The smallest absolute Gasteiger partial charge is 0.319 e. The summed E-state index contributed by atoms with van der Waals surface area (Å²) in [5, 5.41) is 3.15. The van der Waals surface area contributed by atoms with E-state index in [1.54, 1.807) is 6.92 Å². The van der Waals surface area contributed by atoms with Crippen molar-refractivity contribution in [2.45, 2.75) is 25.7 Å². The number of amides is 1. The molecule has 0 fully saturated rings. The lowest BCUT2D eigenvalue weighted by atomic mass is 10.2. The highest BCUT2D eigenvalue weighted by Gasteiger charge is 2.17. The lowest BCUT2D eigenvalue weighted by molar-refractivity contribution is -0.143. The predicted octanol–water partition coefficient (Wildman–Crippen LogP) is 4.41. The number of nitrogens with zero attached hydrogens (tertiary/aromatic N) is 1. The van der Waals surface area contributed by atoms with Gasteiger partial charge >= 0.3 is 5.97 Å². The second-order valence-corrected chi connectivity index (χ2v) is 8.49. The highest BCUT2D eigenvalue weighted by atomic mass is 32.2. The molecule has 5 nitrogen and oxygen atoms in total. The number of para-hydroxylation sites is 1. The zero-order valence-corrected chi connectivity index (χ0v) is 16.7. The number of thiazole rings is 1. The van der Waals surface area contributed by atoms with Crippen LogP contribution in [-0.4, -0.2) is 27.9 Å². The van der Waals surface area contributed by atoms with Gasteiger partial charge in [0.25, 0.3) is 0 Å². The van der Waals surface area contributed by atoms with Crippen molar-refractivity contribution in [2.24, 2.45) is 0 Å². The van der Waals surface area contributed by atoms with Gasteiger partial charge in [0.05, 0.1) is 16.0 Å². The van der Waals surface area contributed by atoms with Gasteiger partial charge in [-0.25, -0.2) is 4.98 Å². The number of esters is 1. The fraction of sp³-hybridized carbons (Fsp3) is 0.250. The number of nitrogens with one attached hydrogen (secondary N) is 1. The molecule has 3 aromatic rings. The maximum absolute atomic E-state index is 12.1. The number of aryl methyl sites for hydroxylation is 1. The third kappa shape index (κ3) is 5.55. The van der Waals surface area contributed by atoms with Gasteiger partial charge in [-0.15, -0.1) is 23.1 Å². The van der Waals surface area contributed by atoms with Crippen LogP contribution in [0.25, 0.3) is 10.2 Å². The van der Waals surface area contributed by atoms with Crippen molar-refractivity contribution in [1.82, 2.24) is 4.98 Å². The third-order valence-corrected chi connectivity index (χ3v) is 5.94. The molecule has 1 amide bonds. The SMILES string of the molecule is Cc1ccc(NC(=O)CSC(C)C(=O)OCc2nc3ccccc3s2)cc1. The zero-order chi connectivity index (χ0) is 19.2. The Morgan fingerprint density at radius 1 is 1.19 bits per heavy atom. The van der Waals surface area contributed by atoms with Crippen LogP contribution >= 0.6 is 23.1 Å². The molecule has 0 bridgehead atoms. The van der Waals surface area contributed by atoms with Crippen LogP contribution in [0.1, 0.15) is 17.5 Å². The van der Waals surface area contributed by atoms with Gasteiger partial charge in [0.15, 0.2) is 0 Å². The molecule has 1 N–H and O–H groups in total. The summed E-state index contributed by atoms with van der Waals surface area (Å²) in [6.45, 7) is 3.88. The standard InChI is InChI=1S/C20H20N2O3S2/c1-13-7-9-15(10-8-13)21-18(23)12-26-14(2)20(24)25-11-19-22-16-5-3-4-6-17(16)27-19/h3-10,14H,11-12H2,1-2H3,(H,21,23). The Balaban J connectivity index is 1.43. The van der Waals surface area contributed by atoms with E-state index in [-0.39, 0.29) is 24.2 Å². The van der Waals surface area contributed by atoms with Gasteiger partial charge in [0.2, 0.25) is 5.91 Å². The van der Waals surface area contributed by atoms with Gasteiger partial charge in [0, 0.05) is 5.69 Å². The molecule has 1 aromatic heterocycles. The van der Waals surface area contributed by atoms with Crippen LogP contribution in [0.5, 0.6) is 0 Å². The normalized spacial score (nSPS) is 11.9. The molecular weight excluding hydrogens is 380 g/mol. The number of carbonyl (C=O) groups is 2. The van der Waals surface area contributed by atoms with E-state index in [1.807, 2.05) is 55.5 Å². The summed E-state index contributed by atoms with van der Waals surface area (Å²) in [6, 6.07) is 15.4. The quantitative estimate of drug-likeness (QED) is 0.595. The number of benzene rings is 2. The monoisotopic (exact) mass is 400 g/mol. The Labute approximate surface area is 166 Å². The highest BCUT2D eigenvalue weighted by molar-refractivity contribution is 8.01. The topological polar surface area (TPSA) is 68.3 Å². The molecule has 0 saturated carbocycles. The van der Waals surface area contributed by atoms with Gasteiger partial charge in [-0.05, 0) is 38.1 Å². The molecule has 3 rings (SSSR count). The minimum absolute atomic E-state index is 0.144. The number of thioether (sulfide) groups is 1. The number of rotatable bonds is 7. The number of hydrogen-bond donors (Lipinski definition) is 1. The maximum Gasteiger partial charge on any atom is 0.319 e. The van der Waals surface area contributed by atoms with Gasteiger partial charge in [-0.2, -0.15) is 0 Å². The summed E-state index contributed by atoms with van der Waals surface area (Å²) in [5.41, 5.74) is 2.79. The number of anilines is 1. The van der Waals surface area contributed by atoms with Crippen molar-refractivity contribution in [2.75, 3.05) is 11.1 Å². The van der Waals surface area contributed by atoms with Crippen molar-refractivity contribution < 1.29 is 14.3 Å². The molecule has 140 valence electrons. The van der Waals surface area contributed by atoms with E-state index >= 15 is 0 Å². The Morgan fingerprint density at radius 2 is 1.93 bits per heavy atom. The van der Waals surface area contributed by atoms with Crippen molar-refractivity contribution >= 4 is 50.9 Å². The summed E-state index contributed by atoms with van der Waals surface area (Å²) in [7, 11) is 0. The lowest BCUT2D eigenvalue weighted by Crippen LogP contribution is -2.21. The van der Waals surface area contributed by atoms with Crippen molar-refractivity contribution in [3.05, 3.63) is 59.1 Å². The molecule has 0 saturated heterocycles. The average Bonchev–Trinajstić information content (AvgIpc) is 3.09. The summed E-state index contributed by atoms with van der Waals surface area (Å²) >= 11 is 2.76. The van der Waals surface area contributed by atoms with E-state index < -0.39 is 5.25 Å². The lowest BCUT2D eigenvalue weighted by Gasteiger charge is -2.11. The third-order valence-electron chi connectivity index (χ3n) is 3.81. The number of carbonyl (C=O) groups excluding carboxylic acids is 2. The van der Waals surface area contributed by atoms with E-state index in [4.69, 9.17) is 4.74 Å². The zero-order valence-electron chi connectivity index (χ0n) is 15.1. The first-order valence-corrected chi connectivity index (χ1v) is 10.4. The molecule has 0 aliphatic carbocycles. The van der Waals surface area contributed by atoms with Gasteiger partial charge in [0.1, 0.15) is 16.9 Å².